The van der Waals surface area contributed by atoms with Crippen LogP contribution in [0, 0.1) is 11.3 Å². The van der Waals surface area contributed by atoms with E-state index in [4.69, 9.17) is 5.26 Å². The molecule has 172 valence electrons. The highest BCUT2D eigenvalue weighted by Crippen LogP contribution is 2.40. The van der Waals surface area contributed by atoms with Gasteiger partial charge in [0.15, 0.2) is 5.82 Å². The molecule has 0 saturated heterocycles. The first-order valence-electron chi connectivity index (χ1n) is 9.99. The lowest BCUT2D eigenvalue weighted by atomic mass is 10.0. The lowest BCUT2D eigenvalue weighted by molar-refractivity contribution is -0.263. The summed E-state index contributed by atoms with van der Waals surface area (Å²) in [5.41, 5.74) is -1.11. The third-order valence-electron chi connectivity index (χ3n) is 5.68. The molecule has 3 aromatic rings. The summed E-state index contributed by atoms with van der Waals surface area (Å²) in [4.78, 5) is 22.7. The molecule has 0 aromatic carbocycles. The molecule has 0 spiro atoms. The van der Waals surface area contributed by atoms with E-state index in [0.717, 1.165) is 0 Å². The Labute approximate surface area is 186 Å². The lowest BCUT2D eigenvalue weighted by Gasteiger charge is -2.36. The van der Waals surface area contributed by atoms with Gasteiger partial charge in [0.25, 0.3) is 5.91 Å². The second-order valence-corrected chi connectivity index (χ2v) is 8.13. The van der Waals surface area contributed by atoms with Crippen LogP contribution in [0.25, 0.3) is 11.4 Å². The van der Waals surface area contributed by atoms with Crippen LogP contribution in [0.2, 0.25) is 0 Å². The number of amides is 1. The van der Waals surface area contributed by atoms with E-state index in [9.17, 15) is 23.1 Å². The van der Waals surface area contributed by atoms with Crippen LogP contribution in [-0.2, 0) is 19.2 Å². The Bertz CT molecular complexity index is 1250. The van der Waals surface area contributed by atoms with Crippen molar-refractivity contribution in [2.24, 2.45) is 7.05 Å². The quantitative estimate of drug-likeness (QED) is 0.644. The van der Waals surface area contributed by atoms with Crippen molar-refractivity contribution in [1.29, 1.82) is 5.26 Å². The molecule has 0 saturated carbocycles. The molecular weight excluding hydrogens is 439 g/mol. The number of nitriles is 1. The van der Waals surface area contributed by atoms with Gasteiger partial charge in [-0.2, -0.15) is 23.5 Å². The Balaban J connectivity index is 1.61. The van der Waals surface area contributed by atoms with Crippen molar-refractivity contribution in [3.63, 3.8) is 0 Å². The molecule has 1 aliphatic rings. The van der Waals surface area contributed by atoms with Gasteiger partial charge in [-0.1, -0.05) is 0 Å². The van der Waals surface area contributed by atoms with Crippen LogP contribution in [0.1, 0.15) is 47.5 Å². The van der Waals surface area contributed by atoms with E-state index >= 15 is 0 Å². The molecule has 0 bridgehead atoms. The Hall–Kier alpha value is -3.72. The first-order valence-corrected chi connectivity index (χ1v) is 9.99. The number of aromatic nitrogens is 5. The monoisotopic (exact) mass is 459 g/mol. The number of alkyl halides is 3. The van der Waals surface area contributed by atoms with Gasteiger partial charge in [0.05, 0.1) is 35.7 Å². The van der Waals surface area contributed by atoms with Crippen LogP contribution in [0.5, 0.6) is 0 Å². The fourth-order valence-electron chi connectivity index (χ4n) is 3.87. The van der Waals surface area contributed by atoms with Crippen molar-refractivity contribution in [2.75, 3.05) is 6.54 Å². The van der Waals surface area contributed by atoms with Crippen LogP contribution in [0.3, 0.4) is 0 Å². The Morgan fingerprint density at radius 2 is 1.97 bits per heavy atom. The molecule has 1 amide bonds. The van der Waals surface area contributed by atoms with E-state index in [1.807, 2.05) is 6.07 Å². The molecule has 4 rings (SSSR count). The lowest BCUT2D eigenvalue weighted by Crippen LogP contribution is -2.45. The minimum absolute atomic E-state index is 0.0275. The summed E-state index contributed by atoms with van der Waals surface area (Å²) in [5.74, 6) is -0.854. The molecule has 33 heavy (non-hydrogen) atoms. The molecule has 2 unspecified atom stereocenters. The number of pyridine rings is 1. The minimum atomic E-state index is -4.90. The van der Waals surface area contributed by atoms with Crippen molar-refractivity contribution in [3.05, 3.63) is 53.4 Å². The van der Waals surface area contributed by atoms with Crippen molar-refractivity contribution >= 4 is 5.91 Å². The SMILES string of the molecule is CC1CN(C(=O)c2cc(-c3ccc(C#N)cn3)nn2C)Cc2cnc(C(C)(O)C(F)(F)F)n21. The number of nitrogens with zero attached hydrogens (tertiary/aromatic N) is 7. The molecule has 0 aliphatic carbocycles. The second kappa shape index (κ2) is 7.70. The summed E-state index contributed by atoms with van der Waals surface area (Å²) in [6.07, 6.45) is -2.24. The summed E-state index contributed by atoms with van der Waals surface area (Å²) in [5, 5.41) is 23.3. The number of halogens is 3. The van der Waals surface area contributed by atoms with E-state index in [1.54, 1.807) is 32.2 Å². The maximum atomic E-state index is 13.4. The van der Waals surface area contributed by atoms with Gasteiger partial charge >= 0.3 is 6.18 Å². The molecule has 0 fully saturated rings. The summed E-state index contributed by atoms with van der Waals surface area (Å²) in [7, 11) is 1.61. The number of imidazole rings is 1. The predicted molar refractivity (Wildman–Crippen MR) is 108 cm³/mol. The van der Waals surface area contributed by atoms with Gasteiger partial charge in [-0.25, -0.2) is 4.98 Å². The average Bonchev–Trinajstić information content (AvgIpc) is 3.37. The second-order valence-electron chi connectivity index (χ2n) is 8.13. The van der Waals surface area contributed by atoms with Crippen molar-refractivity contribution in [3.8, 4) is 17.5 Å². The summed E-state index contributed by atoms with van der Waals surface area (Å²) < 4.78 is 42.8. The van der Waals surface area contributed by atoms with Gasteiger partial charge in [-0.3, -0.25) is 14.5 Å². The first kappa shape index (κ1) is 22.5. The predicted octanol–water partition coefficient (Wildman–Crippen LogP) is 2.54. The minimum Gasteiger partial charge on any atom is -0.374 e. The first-order chi connectivity index (χ1) is 15.4. The standard InChI is InChI=1S/C21H20F3N7O2/c1-12-10-30(11-14-9-27-19(31(12)14)20(2,33)21(22,23)24)18(32)17-6-16(28-29(17)3)15-5-4-13(7-25)8-26-15/h4-6,8-9,12,33H,10-11H2,1-3H3. The maximum absolute atomic E-state index is 13.4. The highest BCUT2D eigenvalue weighted by Gasteiger charge is 2.55. The van der Waals surface area contributed by atoms with E-state index in [0.29, 0.717) is 29.6 Å². The van der Waals surface area contributed by atoms with Crippen LogP contribution < -0.4 is 0 Å². The summed E-state index contributed by atoms with van der Waals surface area (Å²) in [6.45, 7) is 2.48. The molecular formula is C21H20F3N7O2. The van der Waals surface area contributed by atoms with E-state index in [2.05, 4.69) is 15.1 Å². The third-order valence-corrected chi connectivity index (χ3v) is 5.68. The van der Waals surface area contributed by atoms with Gasteiger partial charge in [-0.05, 0) is 32.0 Å². The van der Waals surface area contributed by atoms with Crippen LogP contribution >= 0.6 is 0 Å². The van der Waals surface area contributed by atoms with Crippen molar-refractivity contribution in [1.82, 2.24) is 29.2 Å². The number of rotatable bonds is 3. The van der Waals surface area contributed by atoms with Crippen LogP contribution in [-0.4, -0.2) is 53.0 Å². The zero-order valence-corrected chi connectivity index (χ0v) is 18.0. The van der Waals surface area contributed by atoms with Gasteiger partial charge in [0.1, 0.15) is 17.5 Å². The largest absolute Gasteiger partial charge is 0.424 e. The molecule has 12 heteroatoms. The van der Waals surface area contributed by atoms with E-state index in [-0.39, 0.29) is 24.7 Å². The average molecular weight is 459 g/mol. The topological polar surface area (TPSA) is 113 Å². The fourth-order valence-corrected chi connectivity index (χ4v) is 3.87. The van der Waals surface area contributed by atoms with Gasteiger partial charge < -0.3 is 14.6 Å². The van der Waals surface area contributed by atoms with E-state index < -0.39 is 23.6 Å². The zero-order valence-electron chi connectivity index (χ0n) is 18.0. The smallest absolute Gasteiger partial charge is 0.374 e. The summed E-state index contributed by atoms with van der Waals surface area (Å²) in [6, 6.07) is 6.24. The maximum Gasteiger partial charge on any atom is 0.424 e. The number of hydrogen-bond donors (Lipinski definition) is 1. The number of carbonyl (C=O) groups is 1. The van der Waals surface area contributed by atoms with Crippen molar-refractivity contribution < 1.29 is 23.1 Å². The third kappa shape index (κ3) is 3.74. The van der Waals surface area contributed by atoms with Gasteiger partial charge in [0.2, 0.25) is 5.60 Å². The van der Waals surface area contributed by atoms with Crippen LogP contribution in [0.4, 0.5) is 13.2 Å². The van der Waals surface area contributed by atoms with Gasteiger partial charge in [-0.15, -0.1) is 0 Å². The Kier molecular flexibility index (Phi) is 5.24. The van der Waals surface area contributed by atoms with Gasteiger partial charge in [0, 0.05) is 19.8 Å². The number of hydrogen-bond acceptors (Lipinski definition) is 6. The summed E-state index contributed by atoms with van der Waals surface area (Å²) >= 11 is 0. The van der Waals surface area contributed by atoms with Crippen molar-refractivity contribution in [2.45, 2.75) is 38.2 Å². The molecule has 4 heterocycles. The highest BCUT2D eigenvalue weighted by molar-refractivity contribution is 5.93. The molecule has 1 aliphatic heterocycles. The Morgan fingerprint density at radius 3 is 2.58 bits per heavy atom. The normalized spacial score (nSPS) is 17.9. The Morgan fingerprint density at radius 1 is 1.24 bits per heavy atom. The molecule has 3 aromatic heterocycles. The van der Waals surface area contributed by atoms with E-state index in [1.165, 1.54) is 26.5 Å². The molecule has 9 nitrogen and oxygen atoms in total. The number of aliphatic hydroxyl groups is 1. The zero-order chi connectivity index (χ0) is 24.1. The molecule has 0 radical (unpaired) electrons. The highest BCUT2D eigenvalue weighted by atomic mass is 19.4. The van der Waals surface area contributed by atoms with Crippen LogP contribution in [0.15, 0.2) is 30.6 Å². The number of fused-ring (bicyclic) bond motifs is 1. The number of carbonyl (C=O) groups excluding carboxylic acids is 1. The molecule has 1 N–H and O–H groups in total. The fraction of sp³-hybridized carbons (Fsp3) is 0.381. The number of aryl methyl sites for hydroxylation is 1. The molecule has 2 atom stereocenters.